The molecule has 1 aromatic carbocycles. The predicted molar refractivity (Wildman–Crippen MR) is 62.8 cm³/mol. The number of pyridine rings is 1. The summed E-state index contributed by atoms with van der Waals surface area (Å²) < 4.78 is 0.704. The van der Waals surface area contributed by atoms with E-state index in [9.17, 15) is 9.90 Å². The summed E-state index contributed by atoms with van der Waals surface area (Å²) in [6, 6.07) is 5.10. The van der Waals surface area contributed by atoms with Gasteiger partial charge in [-0.05, 0) is 28.9 Å². The lowest BCUT2D eigenvalue weighted by Gasteiger charge is -2.08. The van der Waals surface area contributed by atoms with Crippen molar-refractivity contribution in [1.82, 2.24) is 4.98 Å². The normalized spacial score (nSPS) is 10.6. The van der Waals surface area contributed by atoms with Gasteiger partial charge < -0.3 is 10.2 Å². The number of aryl methyl sites for hydroxylation is 1. The Balaban J connectivity index is 3.00. The summed E-state index contributed by atoms with van der Waals surface area (Å²) in [5.74, 6) is -1.44. The van der Waals surface area contributed by atoms with Gasteiger partial charge in [0.05, 0.1) is 11.2 Å². The molecule has 4 nitrogen and oxygen atoms in total. The molecular formula is C11H8BrNO3. The third kappa shape index (κ3) is 1.53. The zero-order valence-corrected chi connectivity index (χ0v) is 9.95. The molecule has 0 saturated carbocycles. The molecule has 16 heavy (non-hydrogen) atoms. The molecule has 0 spiro atoms. The van der Waals surface area contributed by atoms with Gasteiger partial charge in [-0.1, -0.05) is 12.1 Å². The van der Waals surface area contributed by atoms with Crippen LogP contribution in [-0.4, -0.2) is 21.2 Å². The summed E-state index contributed by atoms with van der Waals surface area (Å²) in [5.41, 5.74) is 0.732. The topological polar surface area (TPSA) is 70.4 Å². The first-order valence-corrected chi connectivity index (χ1v) is 5.32. The average molecular weight is 282 g/mol. The maximum atomic E-state index is 11.1. The highest BCUT2D eigenvalue weighted by molar-refractivity contribution is 9.10. The monoisotopic (exact) mass is 281 g/mol. The molecule has 0 aliphatic rings. The van der Waals surface area contributed by atoms with Crippen LogP contribution < -0.4 is 0 Å². The number of para-hydroxylation sites is 1. The van der Waals surface area contributed by atoms with Gasteiger partial charge in [0.25, 0.3) is 0 Å². The van der Waals surface area contributed by atoms with Gasteiger partial charge >= 0.3 is 5.97 Å². The number of benzene rings is 1. The van der Waals surface area contributed by atoms with Crippen molar-refractivity contribution >= 4 is 32.8 Å². The second kappa shape index (κ2) is 3.75. The van der Waals surface area contributed by atoms with Gasteiger partial charge in [-0.15, -0.1) is 0 Å². The molecule has 0 unspecified atom stereocenters. The zero-order chi connectivity index (χ0) is 11.9. The quantitative estimate of drug-likeness (QED) is 0.843. The van der Waals surface area contributed by atoms with Crippen molar-refractivity contribution < 1.29 is 15.0 Å². The molecule has 0 saturated heterocycles. The number of carboxylic acids is 1. The number of aromatic carboxylic acids is 1. The van der Waals surface area contributed by atoms with Gasteiger partial charge in [0.15, 0.2) is 5.75 Å². The van der Waals surface area contributed by atoms with E-state index in [1.807, 2.05) is 0 Å². The smallest absolute Gasteiger partial charge is 0.340 e. The van der Waals surface area contributed by atoms with E-state index in [2.05, 4.69) is 20.9 Å². The molecule has 0 radical (unpaired) electrons. The van der Waals surface area contributed by atoms with Crippen LogP contribution in [0.3, 0.4) is 0 Å². The van der Waals surface area contributed by atoms with Crippen molar-refractivity contribution in [3.8, 4) is 5.75 Å². The number of rotatable bonds is 1. The number of aromatic hydroxyl groups is 1. The van der Waals surface area contributed by atoms with Gasteiger partial charge in [0.2, 0.25) is 0 Å². The van der Waals surface area contributed by atoms with Crippen LogP contribution in [0.4, 0.5) is 0 Å². The number of aromatic nitrogens is 1. The van der Waals surface area contributed by atoms with E-state index in [1.54, 1.807) is 25.1 Å². The SMILES string of the molecule is Cc1nc2c(Br)cccc2c(C(=O)O)c1O. The van der Waals surface area contributed by atoms with E-state index < -0.39 is 5.97 Å². The Morgan fingerprint density at radius 3 is 2.75 bits per heavy atom. The Kier molecular flexibility index (Phi) is 2.55. The van der Waals surface area contributed by atoms with Gasteiger partial charge in [-0.25, -0.2) is 9.78 Å². The average Bonchev–Trinajstić information content (AvgIpc) is 2.21. The van der Waals surface area contributed by atoms with Crippen molar-refractivity contribution in [2.75, 3.05) is 0 Å². The second-order valence-corrected chi connectivity index (χ2v) is 4.22. The molecule has 0 bridgehead atoms. The van der Waals surface area contributed by atoms with Crippen molar-refractivity contribution in [2.45, 2.75) is 6.92 Å². The summed E-state index contributed by atoms with van der Waals surface area (Å²) in [4.78, 5) is 15.3. The Labute approximate surface area is 99.7 Å². The van der Waals surface area contributed by atoms with E-state index in [4.69, 9.17) is 5.11 Å². The van der Waals surface area contributed by atoms with Crippen LogP contribution in [0.2, 0.25) is 0 Å². The van der Waals surface area contributed by atoms with E-state index in [0.717, 1.165) is 0 Å². The molecule has 0 amide bonds. The van der Waals surface area contributed by atoms with Crippen molar-refractivity contribution in [2.24, 2.45) is 0 Å². The largest absolute Gasteiger partial charge is 0.505 e. The molecule has 0 aliphatic carbocycles. The highest BCUT2D eigenvalue weighted by Gasteiger charge is 2.18. The first-order chi connectivity index (χ1) is 7.52. The summed E-state index contributed by atoms with van der Waals surface area (Å²) in [7, 11) is 0. The molecule has 0 fully saturated rings. The number of hydrogen-bond donors (Lipinski definition) is 2. The number of hydrogen-bond acceptors (Lipinski definition) is 3. The number of carbonyl (C=O) groups is 1. The second-order valence-electron chi connectivity index (χ2n) is 3.36. The number of fused-ring (bicyclic) bond motifs is 1. The van der Waals surface area contributed by atoms with Crippen LogP contribution >= 0.6 is 15.9 Å². The highest BCUT2D eigenvalue weighted by Crippen LogP contribution is 2.31. The minimum absolute atomic E-state index is 0.108. The van der Waals surface area contributed by atoms with E-state index >= 15 is 0 Å². The molecule has 1 heterocycles. The van der Waals surface area contributed by atoms with Crippen LogP contribution in [0, 0.1) is 6.92 Å². The molecule has 2 rings (SSSR count). The fraction of sp³-hybridized carbons (Fsp3) is 0.0909. The summed E-state index contributed by atoms with van der Waals surface area (Å²) in [6.07, 6.45) is 0. The molecule has 82 valence electrons. The minimum Gasteiger partial charge on any atom is -0.505 e. The third-order valence-corrected chi connectivity index (χ3v) is 2.97. The van der Waals surface area contributed by atoms with E-state index in [-0.39, 0.29) is 11.3 Å². The van der Waals surface area contributed by atoms with Crippen LogP contribution in [-0.2, 0) is 0 Å². The zero-order valence-electron chi connectivity index (χ0n) is 8.36. The molecule has 2 aromatic rings. The van der Waals surface area contributed by atoms with Crippen LogP contribution in [0.25, 0.3) is 10.9 Å². The molecule has 5 heteroatoms. The first kappa shape index (κ1) is 10.9. The molecule has 2 N–H and O–H groups in total. The van der Waals surface area contributed by atoms with Crippen LogP contribution in [0.1, 0.15) is 16.1 Å². The van der Waals surface area contributed by atoms with E-state index in [0.29, 0.717) is 21.1 Å². The number of nitrogens with zero attached hydrogens (tertiary/aromatic N) is 1. The lowest BCUT2D eigenvalue weighted by atomic mass is 10.1. The Morgan fingerprint density at radius 1 is 1.44 bits per heavy atom. The number of halogens is 1. The van der Waals surface area contributed by atoms with Gasteiger partial charge in [-0.3, -0.25) is 0 Å². The van der Waals surface area contributed by atoms with E-state index in [1.165, 1.54) is 0 Å². The molecule has 1 aromatic heterocycles. The molecule has 0 aliphatic heterocycles. The minimum atomic E-state index is -1.16. The van der Waals surface area contributed by atoms with Gasteiger partial charge in [0, 0.05) is 9.86 Å². The standard InChI is InChI=1S/C11H8BrNO3/c1-5-10(14)8(11(15)16)6-3-2-4-7(12)9(6)13-5/h2-4,14H,1H3,(H,15,16). The molecular weight excluding hydrogens is 274 g/mol. The Hall–Kier alpha value is -1.62. The van der Waals surface area contributed by atoms with Gasteiger partial charge in [-0.2, -0.15) is 0 Å². The lowest BCUT2D eigenvalue weighted by Crippen LogP contribution is -2.01. The summed E-state index contributed by atoms with van der Waals surface area (Å²) in [5, 5.41) is 19.2. The van der Waals surface area contributed by atoms with Crippen molar-refractivity contribution in [3.05, 3.63) is 33.9 Å². The first-order valence-electron chi connectivity index (χ1n) is 4.53. The van der Waals surface area contributed by atoms with Crippen LogP contribution in [0.5, 0.6) is 5.75 Å². The predicted octanol–water partition coefficient (Wildman–Crippen LogP) is 2.71. The summed E-state index contributed by atoms with van der Waals surface area (Å²) >= 11 is 3.30. The third-order valence-electron chi connectivity index (χ3n) is 2.33. The Morgan fingerprint density at radius 2 is 2.12 bits per heavy atom. The van der Waals surface area contributed by atoms with Crippen molar-refractivity contribution in [3.63, 3.8) is 0 Å². The number of carboxylic acid groups (broad SMARTS) is 1. The van der Waals surface area contributed by atoms with Crippen LogP contribution in [0.15, 0.2) is 22.7 Å². The fourth-order valence-electron chi connectivity index (χ4n) is 1.58. The maximum absolute atomic E-state index is 11.1. The fourth-order valence-corrected chi connectivity index (χ4v) is 2.03. The lowest BCUT2D eigenvalue weighted by molar-refractivity contribution is 0.0695. The maximum Gasteiger partial charge on any atom is 0.340 e. The molecule has 0 atom stereocenters. The highest BCUT2D eigenvalue weighted by atomic mass is 79.9. The van der Waals surface area contributed by atoms with Crippen molar-refractivity contribution in [1.29, 1.82) is 0 Å². The Bertz CT molecular complexity index is 595. The van der Waals surface area contributed by atoms with Gasteiger partial charge in [0.1, 0.15) is 5.56 Å². The summed E-state index contributed by atoms with van der Waals surface area (Å²) in [6.45, 7) is 1.57.